The van der Waals surface area contributed by atoms with Crippen molar-refractivity contribution < 1.29 is 9.53 Å². The van der Waals surface area contributed by atoms with Crippen LogP contribution in [0.25, 0.3) is 20.8 Å². The van der Waals surface area contributed by atoms with Crippen LogP contribution in [0.1, 0.15) is 64.7 Å². The first kappa shape index (κ1) is 21.6. The van der Waals surface area contributed by atoms with Gasteiger partial charge in [0.2, 0.25) is 0 Å². The van der Waals surface area contributed by atoms with E-state index in [-0.39, 0.29) is 0 Å². The van der Waals surface area contributed by atoms with Gasteiger partial charge >= 0.3 is 0 Å². The van der Waals surface area contributed by atoms with Crippen molar-refractivity contribution >= 4 is 27.8 Å². The molecule has 5 rings (SSSR count). The van der Waals surface area contributed by atoms with Gasteiger partial charge in [-0.2, -0.15) is 0 Å². The fourth-order valence-electron chi connectivity index (χ4n) is 5.84. The topological polar surface area (TPSA) is 39.2 Å². The highest BCUT2D eigenvalue weighted by atomic mass is 32.1. The number of rotatable bonds is 6. The Bertz CT molecular complexity index is 1020. The van der Waals surface area contributed by atoms with Gasteiger partial charge in [-0.1, -0.05) is 50.5 Å². The first-order valence-corrected chi connectivity index (χ1v) is 13.1. The molecule has 0 amide bonds. The Hall–Kier alpha value is -2.20. The van der Waals surface area contributed by atoms with Gasteiger partial charge in [0, 0.05) is 5.56 Å². The third-order valence-electron chi connectivity index (χ3n) is 7.92. The lowest BCUT2D eigenvalue weighted by molar-refractivity contribution is -0.125. The summed E-state index contributed by atoms with van der Waals surface area (Å²) in [5.74, 6) is 3.33. The zero-order valence-electron chi connectivity index (χ0n) is 19.0. The number of carbonyl (C=O) groups excluding carboxylic acids is 1. The van der Waals surface area contributed by atoms with Crippen molar-refractivity contribution in [2.45, 2.75) is 70.3 Å². The van der Waals surface area contributed by atoms with Crippen molar-refractivity contribution in [3.8, 4) is 16.3 Å². The number of carbonyl (C=O) groups is 1. The zero-order valence-corrected chi connectivity index (χ0v) is 19.8. The standard InChI is InChI=1S/C28H33NO2S/c1-2-20-10-12-21(13-11-20)22-14-16-28(19-30,17-15-22)31-24-7-5-6-23(18-24)27-29-25-8-3-4-9-26(25)32-27/h3-9,18-22H,2,10-17H2,1H3. The average Bonchev–Trinajstić information content (AvgIpc) is 3.29. The second-order valence-electron chi connectivity index (χ2n) is 9.83. The summed E-state index contributed by atoms with van der Waals surface area (Å²) in [6.07, 6.45) is 11.8. The number of ether oxygens (including phenoxy) is 1. The molecule has 3 nitrogen and oxygen atoms in total. The number of hydrogen-bond donors (Lipinski definition) is 0. The highest BCUT2D eigenvalue weighted by molar-refractivity contribution is 7.21. The Labute approximate surface area is 195 Å². The number of para-hydroxylation sites is 1. The van der Waals surface area contributed by atoms with E-state index in [1.54, 1.807) is 11.3 Å². The van der Waals surface area contributed by atoms with Gasteiger partial charge in [-0.15, -0.1) is 11.3 Å². The predicted molar refractivity (Wildman–Crippen MR) is 132 cm³/mol. The molecule has 2 aromatic carbocycles. The molecule has 2 saturated carbocycles. The van der Waals surface area contributed by atoms with Crippen molar-refractivity contribution in [3.05, 3.63) is 48.5 Å². The SMILES string of the molecule is CCC1CCC(C2CCC(C=O)(Oc3cccc(-c4nc5ccccc5s4)c3)CC2)CC1. The largest absolute Gasteiger partial charge is 0.480 e. The van der Waals surface area contributed by atoms with Crippen molar-refractivity contribution in [2.24, 2.45) is 17.8 Å². The summed E-state index contributed by atoms with van der Waals surface area (Å²) in [5.41, 5.74) is 1.39. The molecule has 1 aromatic heterocycles. The van der Waals surface area contributed by atoms with E-state index < -0.39 is 5.60 Å². The lowest BCUT2D eigenvalue weighted by atomic mass is 9.68. The molecular formula is C28H33NO2S. The quantitative estimate of drug-likeness (QED) is 0.364. The highest BCUT2D eigenvalue weighted by Gasteiger charge is 2.40. The second kappa shape index (κ2) is 9.35. The molecule has 0 spiro atoms. The number of benzene rings is 2. The Morgan fingerprint density at radius 2 is 1.75 bits per heavy atom. The molecule has 1 heterocycles. The molecule has 3 aromatic rings. The van der Waals surface area contributed by atoms with E-state index in [4.69, 9.17) is 9.72 Å². The summed E-state index contributed by atoms with van der Waals surface area (Å²) in [6.45, 7) is 2.33. The molecule has 32 heavy (non-hydrogen) atoms. The van der Waals surface area contributed by atoms with E-state index >= 15 is 0 Å². The van der Waals surface area contributed by atoms with Gasteiger partial charge in [0.25, 0.3) is 0 Å². The minimum Gasteiger partial charge on any atom is -0.480 e. The molecule has 0 bridgehead atoms. The maximum Gasteiger partial charge on any atom is 0.164 e. The van der Waals surface area contributed by atoms with Crippen molar-refractivity contribution in [1.29, 1.82) is 0 Å². The Kier molecular flexibility index (Phi) is 6.32. The number of fused-ring (bicyclic) bond motifs is 1. The van der Waals surface area contributed by atoms with Crippen LogP contribution in [0, 0.1) is 17.8 Å². The van der Waals surface area contributed by atoms with Gasteiger partial charge in [-0.3, -0.25) is 4.79 Å². The second-order valence-corrected chi connectivity index (χ2v) is 10.9. The van der Waals surface area contributed by atoms with Gasteiger partial charge in [-0.25, -0.2) is 4.98 Å². The maximum absolute atomic E-state index is 12.2. The lowest BCUT2D eigenvalue weighted by Crippen LogP contribution is -2.43. The molecule has 2 fully saturated rings. The highest BCUT2D eigenvalue weighted by Crippen LogP contribution is 2.44. The summed E-state index contributed by atoms with van der Waals surface area (Å²) in [5, 5.41) is 0.989. The number of hydrogen-bond acceptors (Lipinski definition) is 4. The smallest absolute Gasteiger partial charge is 0.164 e. The molecule has 2 aliphatic rings. The average molecular weight is 448 g/mol. The van der Waals surface area contributed by atoms with Gasteiger partial charge in [0.15, 0.2) is 11.9 Å². The molecule has 0 radical (unpaired) electrons. The Morgan fingerprint density at radius 3 is 2.47 bits per heavy atom. The third-order valence-corrected chi connectivity index (χ3v) is 9.01. The molecule has 4 heteroatoms. The Balaban J connectivity index is 1.26. The van der Waals surface area contributed by atoms with Crippen molar-refractivity contribution in [2.75, 3.05) is 0 Å². The van der Waals surface area contributed by atoms with Gasteiger partial charge in [0.1, 0.15) is 10.8 Å². The number of aldehydes is 1. The van der Waals surface area contributed by atoms with Gasteiger partial charge in [0.05, 0.1) is 10.2 Å². The molecule has 0 atom stereocenters. The summed E-state index contributed by atoms with van der Waals surface area (Å²) in [4.78, 5) is 17.0. The van der Waals surface area contributed by atoms with Crippen LogP contribution in [-0.4, -0.2) is 16.9 Å². The number of aromatic nitrogens is 1. The van der Waals surface area contributed by atoms with E-state index in [9.17, 15) is 4.79 Å². The van der Waals surface area contributed by atoms with Crippen molar-refractivity contribution in [3.63, 3.8) is 0 Å². The van der Waals surface area contributed by atoms with Crippen molar-refractivity contribution in [1.82, 2.24) is 4.98 Å². The van der Waals surface area contributed by atoms with Crippen LogP contribution in [0.3, 0.4) is 0 Å². The molecular weight excluding hydrogens is 414 g/mol. The van der Waals surface area contributed by atoms with E-state index in [0.29, 0.717) is 0 Å². The minimum absolute atomic E-state index is 0.677. The van der Waals surface area contributed by atoms with Crippen LogP contribution < -0.4 is 4.74 Å². The van der Waals surface area contributed by atoms with Crippen LogP contribution in [0.4, 0.5) is 0 Å². The summed E-state index contributed by atoms with van der Waals surface area (Å²) < 4.78 is 7.59. The van der Waals surface area contributed by atoms with E-state index in [1.807, 2.05) is 36.4 Å². The van der Waals surface area contributed by atoms with Crippen LogP contribution in [0.2, 0.25) is 0 Å². The van der Waals surface area contributed by atoms with Crippen LogP contribution >= 0.6 is 11.3 Å². The normalized spacial score (nSPS) is 28.5. The first-order chi connectivity index (χ1) is 15.7. The van der Waals surface area contributed by atoms with Gasteiger partial charge < -0.3 is 4.74 Å². The third kappa shape index (κ3) is 4.47. The fraction of sp³-hybridized carbons (Fsp3) is 0.500. The number of nitrogens with zero attached hydrogens (tertiary/aromatic N) is 1. The van der Waals surface area contributed by atoms with Crippen LogP contribution in [0.5, 0.6) is 5.75 Å². The monoisotopic (exact) mass is 447 g/mol. The summed E-state index contributed by atoms with van der Waals surface area (Å²) >= 11 is 1.69. The van der Waals surface area contributed by atoms with Gasteiger partial charge in [-0.05, 0) is 80.5 Å². The summed E-state index contributed by atoms with van der Waals surface area (Å²) in [6, 6.07) is 16.3. The maximum atomic E-state index is 12.2. The molecule has 0 unspecified atom stereocenters. The molecule has 0 N–H and O–H groups in total. The molecule has 168 valence electrons. The fourth-order valence-corrected chi connectivity index (χ4v) is 6.80. The van der Waals surface area contributed by atoms with Crippen LogP contribution in [0.15, 0.2) is 48.5 Å². The molecule has 2 aliphatic carbocycles. The molecule has 0 saturated heterocycles. The minimum atomic E-state index is -0.677. The zero-order chi connectivity index (χ0) is 22.0. The molecule has 0 aliphatic heterocycles. The van der Waals surface area contributed by atoms with E-state index in [0.717, 1.165) is 71.6 Å². The van der Waals surface area contributed by atoms with E-state index in [1.165, 1.54) is 36.8 Å². The van der Waals surface area contributed by atoms with E-state index in [2.05, 4.69) is 19.1 Å². The Morgan fingerprint density at radius 1 is 1.00 bits per heavy atom. The predicted octanol–water partition coefficient (Wildman–Crippen LogP) is 7.69. The first-order valence-electron chi connectivity index (χ1n) is 12.3. The summed E-state index contributed by atoms with van der Waals surface area (Å²) in [7, 11) is 0. The van der Waals surface area contributed by atoms with Crippen LogP contribution in [-0.2, 0) is 4.79 Å². The lowest BCUT2D eigenvalue weighted by Gasteiger charge is -2.41. The number of thiazole rings is 1.